The summed E-state index contributed by atoms with van der Waals surface area (Å²) < 4.78 is 0. The van der Waals surface area contributed by atoms with E-state index >= 15 is 0 Å². The van der Waals surface area contributed by atoms with Gasteiger partial charge in [0.1, 0.15) is 0 Å². The fourth-order valence-electron chi connectivity index (χ4n) is 7.50. The zero-order chi connectivity index (χ0) is 31.2. The summed E-state index contributed by atoms with van der Waals surface area (Å²) in [5.41, 5.74) is 8.67. The van der Waals surface area contributed by atoms with Gasteiger partial charge in [-0.15, -0.1) is 0 Å². The minimum atomic E-state index is 1.08. The lowest BCUT2D eigenvalue weighted by molar-refractivity contribution is 1.05. The molecule has 0 radical (unpaired) electrons. The van der Waals surface area contributed by atoms with Gasteiger partial charge in [0, 0.05) is 16.8 Å². The molecule has 1 aliphatic carbocycles. The molecule has 0 fully saturated rings. The first-order chi connectivity index (χ1) is 23.3. The molecular formula is C46H33N. The first-order valence-corrected chi connectivity index (χ1v) is 16.5. The van der Waals surface area contributed by atoms with Crippen LogP contribution in [0.1, 0.15) is 18.4 Å². The predicted octanol–water partition coefficient (Wildman–Crippen LogP) is 13.2. The molecule has 0 saturated heterocycles. The number of nitrogens with zero attached hydrogens (tertiary/aromatic N) is 1. The van der Waals surface area contributed by atoms with Crippen LogP contribution in [0.25, 0.3) is 59.8 Å². The second-order valence-corrected chi connectivity index (χ2v) is 12.4. The average molecular weight is 600 g/mol. The van der Waals surface area contributed by atoms with Gasteiger partial charge in [0.25, 0.3) is 0 Å². The van der Waals surface area contributed by atoms with E-state index in [1.807, 2.05) is 0 Å². The Balaban J connectivity index is 1.33. The summed E-state index contributed by atoms with van der Waals surface area (Å²) in [6.07, 6.45) is 8.86. The second kappa shape index (κ2) is 11.5. The Bertz CT molecular complexity index is 2500. The van der Waals surface area contributed by atoms with Crippen molar-refractivity contribution in [3.8, 4) is 11.1 Å². The van der Waals surface area contributed by atoms with Gasteiger partial charge in [-0.2, -0.15) is 0 Å². The van der Waals surface area contributed by atoms with Crippen LogP contribution in [0, 0.1) is 0 Å². The third-order valence-corrected chi connectivity index (χ3v) is 9.68. The highest BCUT2D eigenvalue weighted by Crippen LogP contribution is 2.46. The zero-order valence-electron chi connectivity index (χ0n) is 26.1. The highest BCUT2D eigenvalue weighted by Gasteiger charge is 2.20. The molecular weight excluding hydrogens is 567 g/mol. The maximum absolute atomic E-state index is 2.42. The molecule has 1 aliphatic rings. The van der Waals surface area contributed by atoms with E-state index in [4.69, 9.17) is 0 Å². The fraction of sp³-hybridized carbons (Fsp3) is 0.0435. The van der Waals surface area contributed by atoms with E-state index in [1.165, 1.54) is 71.0 Å². The van der Waals surface area contributed by atoms with E-state index in [9.17, 15) is 0 Å². The Hall–Kier alpha value is -5.92. The van der Waals surface area contributed by atoms with Crippen molar-refractivity contribution < 1.29 is 0 Å². The number of rotatable bonds is 5. The van der Waals surface area contributed by atoms with E-state index in [-0.39, 0.29) is 0 Å². The van der Waals surface area contributed by atoms with Crippen molar-refractivity contribution in [2.45, 2.75) is 12.8 Å². The molecule has 47 heavy (non-hydrogen) atoms. The Morgan fingerprint density at radius 1 is 0.447 bits per heavy atom. The summed E-state index contributed by atoms with van der Waals surface area (Å²) in [7, 11) is 0. The highest BCUT2D eigenvalue weighted by molar-refractivity contribution is 6.26. The smallest absolute Gasteiger partial charge is 0.0546 e. The summed E-state index contributed by atoms with van der Waals surface area (Å²) in [5, 5.41) is 10.1. The maximum atomic E-state index is 2.42. The lowest BCUT2D eigenvalue weighted by atomic mass is 9.88. The van der Waals surface area contributed by atoms with Crippen molar-refractivity contribution in [3.63, 3.8) is 0 Å². The zero-order valence-corrected chi connectivity index (χ0v) is 26.1. The lowest BCUT2D eigenvalue weighted by Gasteiger charge is -2.28. The molecule has 0 heterocycles. The molecule has 8 aromatic carbocycles. The molecule has 1 heteroatoms. The predicted molar refractivity (Wildman–Crippen MR) is 203 cm³/mol. The average Bonchev–Trinajstić information content (AvgIpc) is 3.15. The Labute approximate surface area is 275 Å². The largest absolute Gasteiger partial charge is 0.310 e. The van der Waals surface area contributed by atoms with Crippen LogP contribution in [0.4, 0.5) is 17.1 Å². The van der Waals surface area contributed by atoms with Gasteiger partial charge in [0.15, 0.2) is 0 Å². The van der Waals surface area contributed by atoms with Crippen LogP contribution in [-0.4, -0.2) is 0 Å². The molecule has 0 N–H and O–H groups in total. The molecule has 222 valence electrons. The first-order valence-electron chi connectivity index (χ1n) is 16.5. The van der Waals surface area contributed by atoms with E-state index in [2.05, 4.69) is 181 Å². The van der Waals surface area contributed by atoms with Crippen molar-refractivity contribution >= 4 is 65.7 Å². The van der Waals surface area contributed by atoms with Crippen LogP contribution in [0.2, 0.25) is 0 Å². The third kappa shape index (κ3) is 4.71. The van der Waals surface area contributed by atoms with E-state index < -0.39 is 0 Å². The highest BCUT2D eigenvalue weighted by atomic mass is 15.1. The minimum Gasteiger partial charge on any atom is -0.310 e. The van der Waals surface area contributed by atoms with E-state index in [0.29, 0.717) is 0 Å². The van der Waals surface area contributed by atoms with Crippen molar-refractivity contribution in [3.05, 3.63) is 182 Å². The number of allylic oxidation sites excluding steroid dienone is 4. The summed E-state index contributed by atoms with van der Waals surface area (Å²) >= 11 is 0. The van der Waals surface area contributed by atoms with Gasteiger partial charge in [0.2, 0.25) is 0 Å². The number of anilines is 3. The SMILES string of the molecule is C1=CCCC(c2ccc(N(c3ccccc3)c3cc4cc(-c5cccc6ccccc56)c5ccccc5c4c4ccccc34)cc2)=C1. The number of benzene rings is 8. The van der Waals surface area contributed by atoms with Gasteiger partial charge < -0.3 is 4.90 Å². The van der Waals surface area contributed by atoms with Gasteiger partial charge in [0.05, 0.1) is 5.69 Å². The van der Waals surface area contributed by atoms with Gasteiger partial charge in [-0.3, -0.25) is 0 Å². The van der Waals surface area contributed by atoms with Crippen molar-refractivity contribution in [1.29, 1.82) is 0 Å². The van der Waals surface area contributed by atoms with Crippen molar-refractivity contribution in [1.82, 2.24) is 0 Å². The Kier molecular flexibility index (Phi) is 6.68. The number of para-hydroxylation sites is 1. The molecule has 0 amide bonds. The third-order valence-electron chi connectivity index (χ3n) is 9.68. The van der Waals surface area contributed by atoms with Gasteiger partial charge in [-0.25, -0.2) is 0 Å². The van der Waals surface area contributed by atoms with Crippen LogP contribution in [-0.2, 0) is 0 Å². The minimum absolute atomic E-state index is 1.08. The molecule has 8 aromatic rings. The number of fused-ring (bicyclic) bond motifs is 6. The normalized spacial score (nSPS) is 13.0. The standard InChI is InChI=1S/C46H33N/c1-3-14-32(15-4-1)33-26-28-37(29-27-33)47(36-18-5-2-6-19-36)45-31-35-30-44(39-25-13-17-34-16-7-8-20-38(34)39)40-21-9-11-23-42(40)46(35)43-24-12-10-22-41(43)45/h1-3,5-14,16-31H,4,15H2. The quantitative estimate of drug-likeness (QED) is 0.178. The van der Waals surface area contributed by atoms with Crippen molar-refractivity contribution in [2.75, 3.05) is 4.90 Å². The molecule has 0 bridgehead atoms. The maximum Gasteiger partial charge on any atom is 0.0546 e. The van der Waals surface area contributed by atoms with Gasteiger partial charge >= 0.3 is 0 Å². The summed E-state index contributed by atoms with van der Waals surface area (Å²) in [5.74, 6) is 0. The molecule has 0 saturated carbocycles. The van der Waals surface area contributed by atoms with Crippen LogP contribution < -0.4 is 4.90 Å². The monoisotopic (exact) mass is 599 g/mol. The Morgan fingerprint density at radius 2 is 1.09 bits per heavy atom. The molecule has 0 unspecified atom stereocenters. The topological polar surface area (TPSA) is 3.24 Å². The molecule has 0 aromatic heterocycles. The summed E-state index contributed by atoms with van der Waals surface area (Å²) in [6, 6.07) is 57.9. The van der Waals surface area contributed by atoms with Crippen LogP contribution in [0.3, 0.4) is 0 Å². The first kappa shape index (κ1) is 27.4. The molecule has 0 atom stereocenters. The van der Waals surface area contributed by atoms with Crippen LogP contribution >= 0.6 is 0 Å². The fourth-order valence-corrected chi connectivity index (χ4v) is 7.50. The molecule has 0 aliphatic heterocycles. The van der Waals surface area contributed by atoms with Crippen LogP contribution in [0.5, 0.6) is 0 Å². The van der Waals surface area contributed by atoms with Crippen LogP contribution in [0.15, 0.2) is 176 Å². The van der Waals surface area contributed by atoms with Crippen molar-refractivity contribution in [2.24, 2.45) is 0 Å². The summed E-state index contributed by atoms with van der Waals surface area (Å²) in [4.78, 5) is 2.42. The molecule has 9 rings (SSSR count). The lowest BCUT2D eigenvalue weighted by Crippen LogP contribution is -2.10. The second-order valence-electron chi connectivity index (χ2n) is 12.4. The van der Waals surface area contributed by atoms with E-state index in [1.54, 1.807) is 0 Å². The number of hydrogen-bond acceptors (Lipinski definition) is 1. The van der Waals surface area contributed by atoms with Gasteiger partial charge in [-0.1, -0.05) is 140 Å². The van der Waals surface area contributed by atoms with Gasteiger partial charge in [-0.05, 0) is 109 Å². The summed E-state index contributed by atoms with van der Waals surface area (Å²) in [6.45, 7) is 0. The van der Waals surface area contributed by atoms with E-state index in [0.717, 1.165) is 24.2 Å². The molecule has 0 spiro atoms. The number of hydrogen-bond donors (Lipinski definition) is 0. The molecule has 1 nitrogen and oxygen atoms in total. The Morgan fingerprint density at radius 3 is 1.85 bits per heavy atom.